The molecule has 2 aromatic rings. The molecule has 4 N–H and O–H groups in total. The molecule has 0 fully saturated rings. The van der Waals surface area contributed by atoms with Crippen LogP contribution in [0.4, 0.5) is 5.69 Å². The Labute approximate surface area is 135 Å². The van der Waals surface area contributed by atoms with Crippen LogP contribution < -0.4 is 11.1 Å². The highest BCUT2D eigenvalue weighted by molar-refractivity contribution is 6.34. The monoisotopic (exact) mass is 306 g/mol. The first-order valence-electron chi connectivity index (χ1n) is 7.52. The van der Waals surface area contributed by atoms with Crippen molar-refractivity contribution in [3.8, 4) is 12.0 Å². The van der Waals surface area contributed by atoms with E-state index in [-0.39, 0.29) is 5.91 Å². The molecule has 0 spiro atoms. The Balaban J connectivity index is 2.03. The van der Waals surface area contributed by atoms with Gasteiger partial charge in [0.2, 0.25) is 0 Å². The Morgan fingerprint density at radius 2 is 2.22 bits per heavy atom. The molecule has 1 aromatic carbocycles. The normalized spacial score (nSPS) is 14.3. The second kappa shape index (κ2) is 6.01. The van der Waals surface area contributed by atoms with Crippen LogP contribution in [-0.2, 0) is 17.6 Å². The molecule has 5 heteroatoms. The second-order valence-corrected chi connectivity index (χ2v) is 5.43. The van der Waals surface area contributed by atoms with E-state index in [2.05, 4.69) is 27.2 Å². The number of aromatic nitrogens is 2. The largest absolute Gasteiger partial charge is 0.359 e. The number of H-pyrrole nitrogens is 1. The molecule has 3 rings (SSSR count). The van der Waals surface area contributed by atoms with Crippen LogP contribution in [0.15, 0.2) is 18.2 Å². The maximum Gasteiger partial charge on any atom is 0.256 e. The van der Waals surface area contributed by atoms with Crippen molar-refractivity contribution in [1.29, 1.82) is 0 Å². The van der Waals surface area contributed by atoms with E-state index in [9.17, 15) is 4.79 Å². The minimum Gasteiger partial charge on any atom is -0.359 e. The van der Waals surface area contributed by atoms with Gasteiger partial charge in [-0.15, -0.1) is 0 Å². The fraction of sp³-hybridized carbons (Fsp3) is 0.222. The van der Waals surface area contributed by atoms with Crippen LogP contribution in [0.1, 0.15) is 35.3 Å². The molecule has 2 heterocycles. The first-order valence-corrected chi connectivity index (χ1v) is 7.52. The van der Waals surface area contributed by atoms with Gasteiger partial charge in [-0.3, -0.25) is 4.79 Å². The lowest BCUT2D eigenvalue weighted by molar-refractivity contribution is -0.110. The summed E-state index contributed by atoms with van der Waals surface area (Å²) in [4.78, 5) is 20.0. The number of hydrogen-bond donors (Lipinski definition) is 3. The van der Waals surface area contributed by atoms with Gasteiger partial charge in [-0.25, -0.2) is 4.98 Å². The van der Waals surface area contributed by atoms with E-state index in [0.29, 0.717) is 12.0 Å². The molecule has 1 aromatic heterocycles. The molecule has 116 valence electrons. The third-order valence-electron chi connectivity index (χ3n) is 3.86. The Kier molecular flexibility index (Phi) is 3.90. The van der Waals surface area contributed by atoms with Crippen LogP contribution in [0, 0.1) is 18.9 Å². The first kappa shape index (κ1) is 14.9. The standard InChI is InChI=1S/C18H18N4O/c1-3-17-20-11(2)16(21-17)10-14-13-9-12(5-4-8-19)6-7-15(13)22-18(14)23/h6-7,9-10H,3,5,19H2,1-2H3,(H,20,21)(H,22,23)/b14-10-. The lowest BCUT2D eigenvalue weighted by Gasteiger charge is -2.01. The molecule has 1 aliphatic heterocycles. The third kappa shape index (κ3) is 2.84. The third-order valence-corrected chi connectivity index (χ3v) is 3.86. The average molecular weight is 306 g/mol. The van der Waals surface area contributed by atoms with Crippen LogP contribution in [-0.4, -0.2) is 15.9 Å². The number of imidazole rings is 1. The van der Waals surface area contributed by atoms with Gasteiger partial charge in [0.05, 0.1) is 17.0 Å². The second-order valence-electron chi connectivity index (χ2n) is 5.43. The fourth-order valence-corrected chi connectivity index (χ4v) is 2.63. The van der Waals surface area contributed by atoms with E-state index in [1.807, 2.05) is 38.1 Å². The van der Waals surface area contributed by atoms with E-state index in [1.54, 1.807) is 0 Å². The smallest absolute Gasteiger partial charge is 0.256 e. The van der Waals surface area contributed by atoms with Crippen LogP contribution in [0.3, 0.4) is 0 Å². The Hall–Kier alpha value is -3.00. The van der Waals surface area contributed by atoms with E-state index >= 15 is 0 Å². The number of nitrogens with one attached hydrogen (secondary N) is 2. The minimum absolute atomic E-state index is 0.103. The molecule has 1 amide bonds. The molecule has 1 aliphatic rings. The van der Waals surface area contributed by atoms with Gasteiger partial charge in [-0.1, -0.05) is 18.9 Å². The molecule has 0 atom stereocenters. The van der Waals surface area contributed by atoms with E-state index in [0.717, 1.165) is 40.4 Å². The van der Waals surface area contributed by atoms with Crippen molar-refractivity contribution in [2.45, 2.75) is 26.7 Å². The number of aryl methyl sites for hydroxylation is 2. The highest BCUT2D eigenvalue weighted by atomic mass is 16.2. The van der Waals surface area contributed by atoms with Crippen molar-refractivity contribution < 1.29 is 4.79 Å². The number of hydrogen-bond acceptors (Lipinski definition) is 3. The summed E-state index contributed by atoms with van der Waals surface area (Å²) < 4.78 is 0. The number of carbonyl (C=O) groups excluding carboxylic acids is 1. The predicted molar refractivity (Wildman–Crippen MR) is 91.3 cm³/mol. The predicted octanol–water partition coefficient (Wildman–Crippen LogP) is 2.24. The summed E-state index contributed by atoms with van der Waals surface area (Å²) in [7, 11) is 0. The quantitative estimate of drug-likeness (QED) is 0.462. The summed E-state index contributed by atoms with van der Waals surface area (Å²) in [5.41, 5.74) is 10.3. The summed E-state index contributed by atoms with van der Waals surface area (Å²) in [5.74, 6) is 3.65. The lowest BCUT2D eigenvalue weighted by atomic mass is 10.0. The molecule has 0 radical (unpaired) electrons. The summed E-state index contributed by atoms with van der Waals surface area (Å²) in [6.07, 6.45) is 3.25. The zero-order valence-electron chi connectivity index (χ0n) is 13.2. The number of fused-ring (bicyclic) bond motifs is 1. The van der Waals surface area contributed by atoms with Crippen LogP contribution in [0.2, 0.25) is 0 Å². The summed E-state index contributed by atoms with van der Waals surface area (Å²) in [6.45, 7) is 3.97. The van der Waals surface area contributed by atoms with Gasteiger partial charge in [0.25, 0.3) is 5.91 Å². The number of aromatic amines is 1. The average Bonchev–Trinajstić information content (AvgIpc) is 3.06. The summed E-state index contributed by atoms with van der Waals surface area (Å²) in [5, 5.41) is 2.89. The van der Waals surface area contributed by atoms with Crippen LogP contribution in [0.25, 0.3) is 11.6 Å². The SMILES string of the molecule is CCc1nc(C)c(/C=C2\C(=O)Nc3ccc(CC#CN)cc32)[nH]1. The fourth-order valence-electron chi connectivity index (χ4n) is 2.63. The van der Waals surface area contributed by atoms with Gasteiger partial charge in [0.15, 0.2) is 0 Å². The maximum atomic E-state index is 12.3. The lowest BCUT2D eigenvalue weighted by Crippen LogP contribution is -2.03. The van der Waals surface area contributed by atoms with E-state index in [4.69, 9.17) is 5.73 Å². The molecular formula is C18H18N4O. The molecular weight excluding hydrogens is 288 g/mol. The molecule has 0 aliphatic carbocycles. The molecule has 0 saturated carbocycles. The van der Waals surface area contributed by atoms with Crippen molar-refractivity contribution in [2.24, 2.45) is 5.73 Å². The molecule has 0 unspecified atom stereocenters. The van der Waals surface area contributed by atoms with Crippen molar-refractivity contribution in [3.05, 3.63) is 46.5 Å². The topological polar surface area (TPSA) is 83.8 Å². The van der Waals surface area contributed by atoms with Crippen molar-refractivity contribution in [3.63, 3.8) is 0 Å². The summed E-state index contributed by atoms with van der Waals surface area (Å²) in [6, 6.07) is 8.23. The van der Waals surface area contributed by atoms with E-state index in [1.165, 1.54) is 0 Å². The minimum atomic E-state index is -0.103. The number of benzene rings is 1. The maximum absolute atomic E-state index is 12.3. The van der Waals surface area contributed by atoms with Gasteiger partial charge in [-0.05, 0) is 30.7 Å². The number of nitrogens with zero attached hydrogens (tertiary/aromatic N) is 1. The highest BCUT2D eigenvalue weighted by Crippen LogP contribution is 2.34. The zero-order chi connectivity index (χ0) is 16.4. The zero-order valence-corrected chi connectivity index (χ0v) is 13.2. The summed E-state index contributed by atoms with van der Waals surface area (Å²) >= 11 is 0. The molecule has 0 bridgehead atoms. The van der Waals surface area contributed by atoms with Crippen molar-refractivity contribution >= 4 is 23.2 Å². The molecule has 5 nitrogen and oxygen atoms in total. The van der Waals surface area contributed by atoms with Crippen LogP contribution in [0.5, 0.6) is 0 Å². The van der Waals surface area contributed by atoms with Gasteiger partial charge >= 0.3 is 0 Å². The number of amides is 1. The number of nitrogens with two attached hydrogens (primary N) is 1. The van der Waals surface area contributed by atoms with Gasteiger partial charge in [-0.2, -0.15) is 0 Å². The number of carbonyl (C=O) groups is 1. The first-order chi connectivity index (χ1) is 11.1. The number of rotatable bonds is 3. The highest BCUT2D eigenvalue weighted by Gasteiger charge is 2.24. The van der Waals surface area contributed by atoms with Crippen LogP contribution >= 0.6 is 0 Å². The molecule has 0 saturated heterocycles. The van der Waals surface area contributed by atoms with Gasteiger partial charge < -0.3 is 16.0 Å². The molecule has 23 heavy (non-hydrogen) atoms. The Bertz CT molecular complexity index is 865. The van der Waals surface area contributed by atoms with Gasteiger partial charge in [0, 0.05) is 30.1 Å². The van der Waals surface area contributed by atoms with E-state index < -0.39 is 0 Å². The Morgan fingerprint density at radius 1 is 1.39 bits per heavy atom. The van der Waals surface area contributed by atoms with Gasteiger partial charge in [0.1, 0.15) is 5.82 Å². The van der Waals surface area contributed by atoms with Crippen molar-refractivity contribution in [1.82, 2.24) is 9.97 Å². The Morgan fingerprint density at radius 3 is 2.91 bits per heavy atom. The number of anilines is 1. The van der Waals surface area contributed by atoms with Crippen molar-refractivity contribution in [2.75, 3.05) is 5.32 Å².